The van der Waals surface area contributed by atoms with Crippen LogP contribution in [0.2, 0.25) is 0 Å². The predicted molar refractivity (Wildman–Crippen MR) is 293 cm³/mol. The summed E-state index contributed by atoms with van der Waals surface area (Å²) < 4.78 is 49.8. The number of rotatable bonds is 12. The van der Waals surface area contributed by atoms with E-state index in [1.165, 1.54) is 23.3 Å². The first kappa shape index (κ1) is 52.3. The Morgan fingerprint density at radius 2 is 1.63 bits per heavy atom. The van der Waals surface area contributed by atoms with Gasteiger partial charge in [0.15, 0.2) is 0 Å². The molecule has 18 heteroatoms. The van der Waals surface area contributed by atoms with Gasteiger partial charge in [-0.3, -0.25) is 19.8 Å². The Bertz CT molecular complexity index is 3120. The maximum Gasteiger partial charge on any atom is 0.293 e. The molecule has 76 heavy (non-hydrogen) atoms. The van der Waals surface area contributed by atoms with E-state index in [0.717, 1.165) is 62.5 Å². The number of pyridine rings is 1. The fraction of sp³-hybridized carbons (Fsp3) is 0.552. The Morgan fingerprint density at radius 3 is 2.37 bits per heavy atom. The number of nitrogens with one attached hydrogen (secondary N) is 3. The van der Waals surface area contributed by atoms with Gasteiger partial charge in [0.1, 0.15) is 23.1 Å². The molecule has 1 spiro atoms. The van der Waals surface area contributed by atoms with Crippen molar-refractivity contribution in [2.45, 2.75) is 134 Å². The molecule has 406 valence electrons. The SMILES string of the molecule is CC(C)c1ccccc1[C@H]1COCCN1C1C(C)(C)C2(CCN(c3ccc(C(=O)NS(=O)(=O)c4ccc(NCC5CCC(C)(O)CC5)c([N+](=O)[O-])c4)c(N4c5cc6cc[nH]c6nc5O[C@@H]5CCOC[C@H]54)c3)CC2)C1(C)C. The van der Waals surface area contributed by atoms with Crippen LogP contribution in [0.25, 0.3) is 11.0 Å². The van der Waals surface area contributed by atoms with Crippen molar-refractivity contribution in [3.05, 3.63) is 106 Å². The monoisotopic (exact) mass is 1060 g/mol. The number of hydrogen-bond donors (Lipinski definition) is 4. The molecule has 5 fully saturated rings. The molecule has 0 bridgehead atoms. The first-order valence-electron chi connectivity index (χ1n) is 27.3. The van der Waals surface area contributed by atoms with E-state index < -0.39 is 43.1 Å². The van der Waals surface area contributed by atoms with Crippen LogP contribution in [0.15, 0.2) is 83.9 Å². The van der Waals surface area contributed by atoms with Crippen LogP contribution in [0, 0.1) is 32.3 Å². The van der Waals surface area contributed by atoms with E-state index >= 15 is 0 Å². The summed E-state index contributed by atoms with van der Waals surface area (Å²) in [6.07, 6.45) is 6.72. The smallest absolute Gasteiger partial charge is 0.293 e. The van der Waals surface area contributed by atoms with Crippen molar-refractivity contribution in [3.63, 3.8) is 0 Å². The van der Waals surface area contributed by atoms with E-state index in [4.69, 9.17) is 19.2 Å². The van der Waals surface area contributed by atoms with Crippen molar-refractivity contribution in [2.24, 2.45) is 22.2 Å². The van der Waals surface area contributed by atoms with Crippen molar-refractivity contribution < 1.29 is 37.5 Å². The van der Waals surface area contributed by atoms with Crippen LogP contribution >= 0.6 is 0 Å². The minimum absolute atomic E-state index is 0.0239. The molecule has 4 N–H and O–H groups in total. The van der Waals surface area contributed by atoms with Crippen LogP contribution in [0.5, 0.6) is 5.88 Å². The highest BCUT2D eigenvalue weighted by Gasteiger charge is 2.73. The number of anilines is 4. The maximum atomic E-state index is 14.8. The molecule has 3 aromatic carbocycles. The number of carbonyl (C=O) groups excluding carboxylic acids is 1. The topological polar surface area (TPSA) is 205 Å². The van der Waals surface area contributed by atoms with Crippen LogP contribution in [-0.4, -0.2) is 116 Å². The summed E-state index contributed by atoms with van der Waals surface area (Å²) in [5, 5.41) is 26.8. The number of hydrogen-bond acceptors (Lipinski definition) is 14. The van der Waals surface area contributed by atoms with Crippen molar-refractivity contribution in [1.82, 2.24) is 19.6 Å². The van der Waals surface area contributed by atoms with Gasteiger partial charge in [-0.15, -0.1) is 0 Å². The number of carbonyl (C=O) groups is 1. The molecule has 3 atom stereocenters. The zero-order valence-corrected chi connectivity index (χ0v) is 45.8. The van der Waals surface area contributed by atoms with Gasteiger partial charge < -0.3 is 39.4 Å². The fourth-order valence-electron chi connectivity index (χ4n) is 15.0. The average Bonchev–Trinajstić information content (AvgIpc) is 3.94. The van der Waals surface area contributed by atoms with E-state index in [-0.39, 0.29) is 52.2 Å². The van der Waals surface area contributed by atoms with Gasteiger partial charge in [0.2, 0.25) is 5.88 Å². The lowest BCUT2D eigenvalue weighted by Gasteiger charge is -2.77. The standard InChI is InChI=1S/C58H74N8O9S/c1-36(2)41-10-8-9-11-42(41)48-34-74-29-27-64(48)54-55(3,4)58(56(54,5)6)22-25-63(26-23-58)39-12-14-43(45(31-39)65-47-30-38-18-24-59-51(38)61-53(47)75-50-19-28-73-35-49(50)65)52(67)62-76(71,72)40-13-15-44(46(32-40)66(69)70)60-33-37-16-20-57(7,68)21-17-37/h8-15,18,24,30-32,36-37,48-50,54,60,68H,16-17,19-23,25-29,33-35H2,1-7H3,(H,59,61)(H,62,67)/t37?,48-,49-,50-,57?/m1/s1. The highest BCUT2D eigenvalue weighted by molar-refractivity contribution is 7.90. The second kappa shape index (κ2) is 19.6. The van der Waals surface area contributed by atoms with E-state index in [0.29, 0.717) is 80.5 Å². The Labute approximate surface area is 446 Å². The van der Waals surface area contributed by atoms with Crippen LogP contribution in [0.4, 0.5) is 28.4 Å². The second-order valence-corrected chi connectivity index (χ2v) is 25.8. The third kappa shape index (κ3) is 8.98. The number of sulfonamides is 1. The van der Waals surface area contributed by atoms with Crippen LogP contribution in [0.1, 0.15) is 127 Å². The number of aliphatic hydroxyl groups is 1. The molecule has 2 saturated carbocycles. The molecule has 3 saturated heterocycles. The lowest BCUT2D eigenvalue weighted by Crippen LogP contribution is -2.78. The summed E-state index contributed by atoms with van der Waals surface area (Å²) >= 11 is 0. The Morgan fingerprint density at radius 1 is 0.895 bits per heavy atom. The third-order valence-corrected chi connectivity index (χ3v) is 20.2. The van der Waals surface area contributed by atoms with Gasteiger partial charge in [-0.25, -0.2) is 13.1 Å². The lowest BCUT2D eigenvalue weighted by molar-refractivity contribution is -0.384. The highest BCUT2D eigenvalue weighted by atomic mass is 32.2. The maximum absolute atomic E-state index is 14.8. The molecule has 17 nitrogen and oxygen atoms in total. The largest absolute Gasteiger partial charge is 0.470 e. The van der Waals surface area contributed by atoms with Crippen molar-refractivity contribution >= 4 is 55.4 Å². The third-order valence-electron chi connectivity index (χ3n) is 18.8. The normalized spacial score (nSPS) is 26.3. The van der Waals surface area contributed by atoms with Gasteiger partial charge >= 0.3 is 0 Å². The highest BCUT2D eigenvalue weighted by Crippen LogP contribution is 2.74. The molecule has 0 radical (unpaired) electrons. The van der Waals surface area contributed by atoms with Crippen LogP contribution in [0.3, 0.4) is 0 Å². The molecular formula is C58H74N8O9S. The van der Waals surface area contributed by atoms with Gasteiger partial charge in [0.25, 0.3) is 21.6 Å². The fourth-order valence-corrected chi connectivity index (χ4v) is 16.0. The van der Waals surface area contributed by atoms with Gasteiger partial charge in [-0.05, 0) is 127 Å². The number of nitro groups is 1. The average molecular weight is 1060 g/mol. The summed E-state index contributed by atoms with van der Waals surface area (Å²) in [7, 11) is -4.65. The molecular weight excluding hydrogens is 985 g/mol. The minimum atomic E-state index is -4.65. The molecule has 1 amide bonds. The quantitative estimate of drug-likeness (QED) is 0.0679. The van der Waals surface area contributed by atoms with E-state index in [1.807, 2.05) is 42.3 Å². The van der Waals surface area contributed by atoms with Crippen molar-refractivity contribution in [3.8, 4) is 5.88 Å². The first-order valence-corrected chi connectivity index (χ1v) is 28.8. The van der Waals surface area contributed by atoms with Crippen molar-refractivity contribution in [1.29, 1.82) is 0 Å². The van der Waals surface area contributed by atoms with Gasteiger partial charge in [0.05, 0.1) is 65.2 Å². The number of aromatic amines is 1. The molecule has 4 aliphatic heterocycles. The molecule has 0 unspecified atom stereocenters. The van der Waals surface area contributed by atoms with Gasteiger partial charge in [-0.2, -0.15) is 4.98 Å². The molecule has 6 aliphatic rings. The number of nitrogens with zero attached hydrogens (tertiary/aromatic N) is 5. The lowest BCUT2D eigenvalue weighted by atomic mass is 9.33. The number of amides is 1. The minimum Gasteiger partial charge on any atom is -0.470 e. The molecule has 2 aromatic heterocycles. The molecule has 6 heterocycles. The number of benzene rings is 3. The summed E-state index contributed by atoms with van der Waals surface area (Å²) in [6.45, 7) is 21.2. The van der Waals surface area contributed by atoms with Crippen LogP contribution in [-0.2, 0) is 19.5 Å². The number of aromatic nitrogens is 2. The number of morpholine rings is 1. The van der Waals surface area contributed by atoms with Crippen LogP contribution < -0.4 is 24.6 Å². The summed E-state index contributed by atoms with van der Waals surface area (Å²) in [4.78, 5) is 41.5. The summed E-state index contributed by atoms with van der Waals surface area (Å²) in [5.74, 6) is 0.0812. The number of piperidine rings is 1. The Hall–Kier alpha value is -5.79. The number of ether oxygens (including phenoxy) is 3. The van der Waals surface area contributed by atoms with E-state index in [1.54, 1.807) is 6.07 Å². The summed E-state index contributed by atoms with van der Waals surface area (Å²) in [5.41, 5.74) is 4.46. The summed E-state index contributed by atoms with van der Waals surface area (Å²) in [6, 6.07) is 22.1. The molecule has 2 aliphatic carbocycles. The van der Waals surface area contributed by atoms with E-state index in [9.17, 15) is 28.4 Å². The second-order valence-electron chi connectivity index (χ2n) is 24.1. The number of fused-ring (bicyclic) bond motifs is 3. The first-order chi connectivity index (χ1) is 36.2. The zero-order valence-electron chi connectivity index (χ0n) is 44.9. The molecule has 5 aromatic rings. The zero-order chi connectivity index (χ0) is 53.5. The molecule has 11 rings (SSSR count). The van der Waals surface area contributed by atoms with Gasteiger partial charge in [-0.1, -0.05) is 65.8 Å². The Balaban J connectivity index is 0.900. The Kier molecular flexibility index (Phi) is 13.5. The van der Waals surface area contributed by atoms with E-state index in [2.05, 4.69) is 90.6 Å². The number of nitro benzene ring substituents is 1. The number of H-pyrrole nitrogens is 1. The van der Waals surface area contributed by atoms with Crippen molar-refractivity contribution in [2.75, 3.05) is 67.7 Å². The predicted octanol–water partition coefficient (Wildman–Crippen LogP) is 9.85. The van der Waals surface area contributed by atoms with Gasteiger partial charge in [0, 0.05) is 62.0 Å².